The highest BCUT2D eigenvalue weighted by atomic mass is 32.4. The van der Waals surface area contributed by atoms with Crippen LogP contribution >= 0.6 is 6.19 Å². The van der Waals surface area contributed by atoms with E-state index < -0.39 is 16.2 Å². The average Bonchev–Trinajstić information content (AvgIpc) is 2.63. The van der Waals surface area contributed by atoms with Crippen LogP contribution in [0.2, 0.25) is 0 Å². The summed E-state index contributed by atoms with van der Waals surface area (Å²) in [4.78, 5) is 0. The summed E-state index contributed by atoms with van der Waals surface area (Å²) in [6, 6.07) is 20.2. The summed E-state index contributed by atoms with van der Waals surface area (Å²) < 4.78 is 26.4. The summed E-state index contributed by atoms with van der Waals surface area (Å²) in [5.74, 6) is 0. The second kappa shape index (κ2) is 8.32. The van der Waals surface area contributed by atoms with Crippen LogP contribution in [0.4, 0.5) is 0 Å². The van der Waals surface area contributed by atoms with Crippen molar-refractivity contribution < 1.29 is 8.42 Å². The van der Waals surface area contributed by atoms with Crippen molar-refractivity contribution in [3.05, 3.63) is 60.7 Å². The summed E-state index contributed by atoms with van der Waals surface area (Å²) in [5.41, 5.74) is 0. The molecule has 0 unspecified atom stereocenters. The second-order valence-corrected chi connectivity index (χ2v) is 12.7. The second-order valence-electron chi connectivity index (χ2n) is 6.80. The highest BCUT2D eigenvalue weighted by Crippen LogP contribution is 2.41. The number of sulfonamides is 1. The molecule has 1 saturated carbocycles. The van der Waals surface area contributed by atoms with Gasteiger partial charge in [-0.2, -0.15) is 0 Å². The molecule has 1 aliphatic carbocycles. The molecule has 1 aliphatic rings. The largest absolute Gasteiger partial charge is 0.277 e. The smallest absolute Gasteiger partial charge is 0.209 e. The molecule has 2 aromatic carbocycles. The van der Waals surface area contributed by atoms with E-state index in [1.807, 2.05) is 36.4 Å². The number of rotatable bonds is 6. The Hall–Kier alpha value is -1.04. The van der Waals surface area contributed by atoms with E-state index in [1.165, 1.54) is 6.26 Å². The van der Waals surface area contributed by atoms with Crippen LogP contribution in [-0.2, 0) is 21.8 Å². The van der Waals surface area contributed by atoms with E-state index in [1.54, 1.807) is 0 Å². The van der Waals surface area contributed by atoms with Crippen molar-refractivity contribution in [2.24, 2.45) is 0 Å². The quantitative estimate of drug-likeness (QED) is 0.721. The van der Waals surface area contributed by atoms with Gasteiger partial charge < -0.3 is 0 Å². The Labute approximate surface area is 161 Å². The molecule has 2 N–H and O–H groups in total. The molecule has 0 spiro atoms. The van der Waals surface area contributed by atoms with E-state index in [0.717, 1.165) is 36.3 Å². The average molecular weight is 409 g/mol. The molecule has 26 heavy (non-hydrogen) atoms. The van der Waals surface area contributed by atoms with Gasteiger partial charge in [-0.1, -0.05) is 85.3 Å². The molecule has 0 radical (unpaired) electrons. The zero-order valence-electron chi connectivity index (χ0n) is 14.8. The van der Waals surface area contributed by atoms with Crippen LogP contribution in [0.5, 0.6) is 0 Å². The predicted molar refractivity (Wildman–Crippen MR) is 114 cm³/mol. The monoisotopic (exact) mass is 408 g/mol. The van der Waals surface area contributed by atoms with Crippen LogP contribution in [0, 0.1) is 0 Å². The van der Waals surface area contributed by atoms with Crippen molar-refractivity contribution in [1.82, 2.24) is 9.81 Å². The highest BCUT2D eigenvalue weighted by Gasteiger charge is 2.33. The Morgan fingerprint density at radius 2 is 1.35 bits per heavy atom. The molecule has 140 valence electrons. The van der Waals surface area contributed by atoms with Crippen LogP contribution in [0.3, 0.4) is 0 Å². The minimum Gasteiger partial charge on any atom is -0.277 e. The predicted octanol–water partition coefficient (Wildman–Crippen LogP) is 2.48. The Kier molecular flexibility index (Phi) is 6.31. The molecule has 4 nitrogen and oxygen atoms in total. The molecule has 0 aromatic heterocycles. The van der Waals surface area contributed by atoms with Crippen LogP contribution in [0.15, 0.2) is 60.7 Å². The van der Waals surface area contributed by atoms with Crippen LogP contribution in [-0.4, -0.2) is 26.8 Å². The van der Waals surface area contributed by atoms with Gasteiger partial charge in [-0.15, -0.1) is 0 Å². The third-order valence-corrected chi connectivity index (χ3v) is 9.78. The van der Waals surface area contributed by atoms with E-state index in [9.17, 15) is 8.42 Å². The van der Waals surface area contributed by atoms with E-state index in [-0.39, 0.29) is 12.1 Å². The molecule has 2 atom stereocenters. The van der Waals surface area contributed by atoms with Crippen molar-refractivity contribution in [2.45, 2.75) is 37.8 Å². The fraction of sp³-hybridized carbons (Fsp3) is 0.368. The Morgan fingerprint density at radius 3 is 1.81 bits per heavy atom. The van der Waals surface area contributed by atoms with Gasteiger partial charge >= 0.3 is 0 Å². The minimum atomic E-state index is -3.25. The SMILES string of the molecule is CS(=O)(=O)N[C@H]1CCCC[C@@H]1NP(=S)(c1ccccc1)c1ccccc1. The topological polar surface area (TPSA) is 58.2 Å². The van der Waals surface area contributed by atoms with Crippen molar-refractivity contribution >= 4 is 38.6 Å². The van der Waals surface area contributed by atoms with Gasteiger partial charge in [0.15, 0.2) is 0 Å². The zero-order valence-corrected chi connectivity index (χ0v) is 17.4. The lowest BCUT2D eigenvalue weighted by Crippen LogP contribution is -2.51. The molecular weight excluding hydrogens is 383 g/mol. The maximum Gasteiger partial charge on any atom is 0.209 e. The van der Waals surface area contributed by atoms with Crippen molar-refractivity contribution in [2.75, 3.05) is 6.26 Å². The lowest BCUT2D eigenvalue weighted by molar-refractivity contribution is 0.346. The van der Waals surface area contributed by atoms with Gasteiger partial charge in [-0.3, -0.25) is 5.09 Å². The first-order chi connectivity index (χ1) is 12.4. The highest BCUT2D eigenvalue weighted by molar-refractivity contribution is 8.20. The third kappa shape index (κ3) is 4.81. The van der Waals surface area contributed by atoms with E-state index in [2.05, 4.69) is 34.1 Å². The number of hydrogen-bond acceptors (Lipinski definition) is 3. The first kappa shape index (κ1) is 19.7. The number of hydrogen-bond donors (Lipinski definition) is 2. The van der Waals surface area contributed by atoms with Gasteiger partial charge in [0.05, 0.1) is 12.4 Å². The molecule has 0 saturated heterocycles. The lowest BCUT2D eigenvalue weighted by atomic mass is 9.92. The van der Waals surface area contributed by atoms with Gasteiger partial charge in [0, 0.05) is 22.7 Å². The fourth-order valence-electron chi connectivity index (χ4n) is 3.51. The molecular formula is C19H25N2O2PS2. The van der Waals surface area contributed by atoms with E-state index in [0.29, 0.717) is 0 Å². The summed E-state index contributed by atoms with van der Waals surface area (Å²) in [5, 5.41) is 5.94. The molecule has 0 bridgehead atoms. The third-order valence-electron chi connectivity index (χ3n) is 4.72. The summed E-state index contributed by atoms with van der Waals surface area (Å²) in [6.45, 7) is 0. The molecule has 0 amide bonds. The summed E-state index contributed by atoms with van der Waals surface area (Å²) >= 11 is 6.23. The van der Waals surface area contributed by atoms with Gasteiger partial charge in [0.25, 0.3) is 0 Å². The standard InChI is InChI=1S/C19H25N2O2PS2/c1-26(22,23)21-19-15-9-8-14-18(19)20-24(25,16-10-4-2-5-11-16)17-12-6-3-7-13-17/h2-7,10-13,18-19,21H,8-9,14-15H2,1H3,(H,20,25)/t18-,19-/m0/s1. The summed E-state index contributed by atoms with van der Waals surface area (Å²) in [7, 11) is -3.25. The molecule has 0 heterocycles. The van der Waals surface area contributed by atoms with Crippen LogP contribution < -0.4 is 20.4 Å². The number of nitrogens with one attached hydrogen (secondary N) is 2. The van der Waals surface area contributed by atoms with Gasteiger partial charge in [-0.05, 0) is 12.8 Å². The van der Waals surface area contributed by atoms with Crippen LogP contribution in [0.25, 0.3) is 0 Å². The molecule has 0 aliphatic heterocycles. The van der Waals surface area contributed by atoms with Gasteiger partial charge in [-0.25, -0.2) is 13.1 Å². The maximum absolute atomic E-state index is 11.8. The fourth-order valence-corrected chi connectivity index (χ4v) is 8.03. The van der Waals surface area contributed by atoms with Crippen molar-refractivity contribution in [3.8, 4) is 0 Å². The Bertz CT molecular complexity index is 829. The normalized spacial score (nSPS) is 21.4. The van der Waals surface area contributed by atoms with E-state index in [4.69, 9.17) is 11.8 Å². The van der Waals surface area contributed by atoms with Gasteiger partial charge in [0.2, 0.25) is 10.0 Å². The Balaban J connectivity index is 1.96. The molecule has 1 fully saturated rings. The van der Waals surface area contributed by atoms with Crippen LogP contribution in [0.1, 0.15) is 25.7 Å². The van der Waals surface area contributed by atoms with E-state index >= 15 is 0 Å². The maximum atomic E-state index is 11.8. The Morgan fingerprint density at radius 1 is 0.885 bits per heavy atom. The molecule has 2 aromatic rings. The first-order valence-corrected chi connectivity index (χ1v) is 13.5. The van der Waals surface area contributed by atoms with Crippen molar-refractivity contribution in [1.29, 1.82) is 0 Å². The molecule has 7 heteroatoms. The number of benzene rings is 2. The molecule has 3 rings (SSSR count). The minimum absolute atomic E-state index is 0.0321. The lowest BCUT2D eigenvalue weighted by Gasteiger charge is -2.37. The summed E-state index contributed by atoms with van der Waals surface area (Å²) in [6.07, 6.45) is 2.85. The van der Waals surface area contributed by atoms with Gasteiger partial charge in [0.1, 0.15) is 0 Å². The first-order valence-electron chi connectivity index (χ1n) is 8.85. The van der Waals surface area contributed by atoms with Crippen molar-refractivity contribution in [3.63, 3.8) is 0 Å². The zero-order chi connectivity index (χ0) is 18.6.